The lowest BCUT2D eigenvalue weighted by Crippen LogP contribution is -2.37. The predicted molar refractivity (Wildman–Crippen MR) is 111 cm³/mol. The van der Waals surface area contributed by atoms with E-state index in [1.807, 2.05) is 13.8 Å². The molecule has 0 rings (SSSR count). The van der Waals surface area contributed by atoms with Gasteiger partial charge in [0.1, 0.15) is 0 Å². The summed E-state index contributed by atoms with van der Waals surface area (Å²) in [6, 6.07) is 0. The van der Waals surface area contributed by atoms with Crippen LogP contribution in [0.15, 0.2) is 0 Å². The fourth-order valence-electron chi connectivity index (χ4n) is 2.92. The number of rotatable bonds is 16. The van der Waals surface area contributed by atoms with Gasteiger partial charge in [-0.15, -0.1) is 0 Å². The molecule has 164 valence electrons. The fraction of sp³-hybridized carbons (Fsp3) is 0.864. The van der Waals surface area contributed by atoms with Gasteiger partial charge < -0.3 is 14.8 Å². The molecular formula is C22H41NO5. The summed E-state index contributed by atoms with van der Waals surface area (Å²) >= 11 is 0. The van der Waals surface area contributed by atoms with Crippen molar-refractivity contribution in [2.75, 3.05) is 13.2 Å². The van der Waals surface area contributed by atoms with Gasteiger partial charge in [0.2, 0.25) is 0 Å². The van der Waals surface area contributed by atoms with Crippen LogP contribution in [-0.2, 0) is 23.9 Å². The number of amides is 1. The molecule has 0 bridgehead atoms. The Morgan fingerprint density at radius 3 is 1.86 bits per heavy atom. The molecule has 0 saturated carbocycles. The van der Waals surface area contributed by atoms with Crippen LogP contribution in [0.2, 0.25) is 0 Å². The molecule has 3 atom stereocenters. The first-order valence-electron chi connectivity index (χ1n) is 11.1. The van der Waals surface area contributed by atoms with E-state index in [4.69, 9.17) is 9.47 Å². The third-order valence-corrected chi connectivity index (χ3v) is 4.99. The molecule has 28 heavy (non-hydrogen) atoms. The first kappa shape index (κ1) is 26.4. The van der Waals surface area contributed by atoms with E-state index < -0.39 is 6.10 Å². The fourth-order valence-corrected chi connectivity index (χ4v) is 2.92. The van der Waals surface area contributed by atoms with Crippen LogP contribution in [0.25, 0.3) is 0 Å². The first-order chi connectivity index (χ1) is 13.4. The molecule has 0 fully saturated rings. The lowest BCUT2D eigenvalue weighted by Gasteiger charge is -2.18. The summed E-state index contributed by atoms with van der Waals surface area (Å²) in [5.74, 6) is -0.950. The van der Waals surface area contributed by atoms with E-state index in [-0.39, 0.29) is 36.3 Å². The maximum atomic E-state index is 12.2. The van der Waals surface area contributed by atoms with E-state index >= 15 is 0 Å². The van der Waals surface area contributed by atoms with E-state index in [2.05, 4.69) is 19.2 Å². The van der Waals surface area contributed by atoms with Gasteiger partial charge in [0.25, 0.3) is 5.91 Å². The molecule has 0 aromatic carbocycles. The summed E-state index contributed by atoms with van der Waals surface area (Å²) in [5.41, 5.74) is 0. The molecule has 0 aliphatic heterocycles. The van der Waals surface area contributed by atoms with Gasteiger partial charge in [-0.25, -0.2) is 0 Å². The summed E-state index contributed by atoms with van der Waals surface area (Å²) in [6.07, 6.45) is 6.98. The molecule has 0 saturated heterocycles. The second kappa shape index (κ2) is 16.4. The molecule has 1 amide bonds. The highest BCUT2D eigenvalue weighted by atomic mass is 16.5. The van der Waals surface area contributed by atoms with E-state index in [9.17, 15) is 14.4 Å². The van der Waals surface area contributed by atoms with Crippen molar-refractivity contribution in [2.24, 2.45) is 11.8 Å². The smallest absolute Gasteiger partial charge is 0.309 e. The van der Waals surface area contributed by atoms with Crippen LogP contribution in [0.4, 0.5) is 0 Å². The third-order valence-electron chi connectivity index (χ3n) is 4.99. The van der Waals surface area contributed by atoms with Gasteiger partial charge in [-0.2, -0.15) is 0 Å². The average Bonchev–Trinajstić information content (AvgIpc) is 2.68. The minimum Gasteiger partial charge on any atom is -0.465 e. The second-order valence-corrected chi connectivity index (χ2v) is 7.39. The maximum Gasteiger partial charge on any atom is 0.309 e. The zero-order valence-corrected chi connectivity index (χ0v) is 18.6. The largest absolute Gasteiger partial charge is 0.465 e. The van der Waals surface area contributed by atoms with E-state index in [1.165, 1.54) is 0 Å². The SMILES string of the molecule is CCCCC(CC)C(=O)OCCCNC(=O)C(C)OC(=O)C(CC)CCCC. The van der Waals surface area contributed by atoms with Crippen molar-refractivity contribution in [3.05, 3.63) is 0 Å². The first-order valence-corrected chi connectivity index (χ1v) is 11.1. The molecule has 0 aliphatic rings. The lowest BCUT2D eigenvalue weighted by atomic mass is 10.00. The van der Waals surface area contributed by atoms with Gasteiger partial charge in [-0.1, -0.05) is 53.4 Å². The van der Waals surface area contributed by atoms with Crippen LogP contribution in [0, 0.1) is 11.8 Å². The van der Waals surface area contributed by atoms with Crippen LogP contribution in [-0.4, -0.2) is 37.1 Å². The Morgan fingerprint density at radius 2 is 1.36 bits per heavy atom. The van der Waals surface area contributed by atoms with Crippen molar-refractivity contribution in [3.8, 4) is 0 Å². The number of carbonyl (C=O) groups excluding carboxylic acids is 3. The quantitative estimate of drug-likeness (QED) is 0.307. The molecule has 0 aromatic heterocycles. The summed E-state index contributed by atoms with van der Waals surface area (Å²) in [6.45, 7) is 10.4. The predicted octanol–water partition coefficient (Wildman–Crippen LogP) is 4.40. The Morgan fingerprint density at radius 1 is 0.821 bits per heavy atom. The molecule has 6 nitrogen and oxygen atoms in total. The third kappa shape index (κ3) is 11.3. The van der Waals surface area contributed by atoms with Gasteiger partial charge in [-0.3, -0.25) is 14.4 Å². The molecule has 3 unspecified atom stereocenters. The molecule has 0 heterocycles. The highest BCUT2D eigenvalue weighted by Gasteiger charge is 2.23. The summed E-state index contributed by atoms with van der Waals surface area (Å²) < 4.78 is 10.6. The van der Waals surface area contributed by atoms with Gasteiger partial charge in [0.15, 0.2) is 6.10 Å². The van der Waals surface area contributed by atoms with E-state index in [1.54, 1.807) is 6.92 Å². The number of esters is 2. The van der Waals surface area contributed by atoms with Crippen molar-refractivity contribution in [3.63, 3.8) is 0 Å². The highest BCUT2D eigenvalue weighted by Crippen LogP contribution is 2.16. The normalized spacial score (nSPS) is 14.0. The Bertz CT molecular complexity index is 452. The van der Waals surface area contributed by atoms with Gasteiger partial charge >= 0.3 is 11.9 Å². The van der Waals surface area contributed by atoms with Crippen LogP contribution in [0.5, 0.6) is 0 Å². The molecule has 0 radical (unpaired) electrons. The van der Waals surface area contributed by atoms with Crippen molar-refractivity contribution in [1.82, 2.24) is 5.32 Å². The van der Waals surface area contributed by atoms with E-state index in [0.717, 1.165) is 51.4 Å². The molecule has 6 heteroatoms. The standard InChI is InChI=1S/C22H41NO5/c1-6-10-13-18(8-3)21(25)27-16-12-15-23-20(24)17(5)28-22(26)19(9-4)14-11-7-2/h17-19H,6-16H2,1-5H3,(H,23,24). The average molecular weight is 400 g/mol. The van der Waals surface area contributed by atoms with Crippen molar-refractivity contribution in [1.29, 1.82) is 0 Å². The zero-order chi connectivity index (χ0) is 21.4. The molecule has 0 spiro atoms. The van der Waals surface area contributed by atoms with Gasteiger partial charge in [0, 0.05) is 6.54 Å². The van der Waals surface area contributed by atoms with Crippen LogP contribution in [0.1, 0.15) is 92.4 Å². The molecule has 0 aliphatic carbocycles. The number of hydrogen-bond acceptors (Lipinski definition) is 5. The van der Waals surface area contributed by atoms with Crippen molar-refractivity contribution in [2.45, 2.75) is 98.5 Å². The van der Waals surface area contributed by atoms with Crippen LogP contribution >= 0.6 is 0 Å². The number of carbonyl (C=O) groups is 3. The van der Waals surface area contributed by atoms with Crippen molar-refractivity contribution < 1.29 is 23.9 Å². The Balaban J connectivity index is 4.07. The molecular weight excluding hydrogens is 358 g/mol. The van der Waals surface area contributed by atoms with Crippen LogP contribution < -0.4 is 5.32 Å². The Hall–Kier alpha value is -1.59. The van der Waals surface area contributed by atoms with Gasteiger partial charge in [-0.05, 0) is 39.0 Å². The molecule has 0 aromatic rings. The topological polar surface area (TPSA) is 81.7 Å². The zero-order valence-electron chi connectivity index (χ0n) is 18.6. The number of nitrogens with one attached hydrogen (secondary N) is 1. The lowest BCUT2D eigenvalue weighted by molar-refractivity contribution is -0.159. The maximum absolute atomic E-state index is 12.2. The summed E-state index contributed by atoms with van der Waals surface area (Å²) in [7, 11) is 0. The Kier molecular flexibility index (Phi) is 15.4. The van der Waals surface area contributed by atoms with Gasteiger partial charge in [0.05, 0.1) is 18.4 Å². The van der Waals surface area contributed by atoms with Crippen molar-refractivity contribution >= 4 is 17.8 Å². The van der Waals surface area contributed by atoms with E-state index in [0.29, 0.717) is 13.0 Å². The summed E-state index contributed by atoms with van der Waals surface area (Å²) in [4.78, 5) is 36.2. The Labute approximate surface area is 171 Å². The molecule has 1 N–H and O–H groups in total. The van der Waals surface area contributed by atoms with Crippen LogP contribution in [0.3, 0.4) is 0 Å². The highest BCUT2D eigenvalue weighted by molar-refractivity contribution is 5.83. The number of hydrogen-bond donors (Lipinski definition) is 1. The monoisotopic (exact) mass is 399 g/mol. The minimum atomic E-state index is -0.816. The minimum absolute atomic E-state index is 0.0341. The second-order valence-electron chi connectivity index (χ2n) is 7.39. The summed E-state index contributed by atoms with van der Waals surface area (Å²) in [5, 5.41) is 2.73. The number of unbranched alkanes of at least 4 members (excludes halogenated alkanes) is 2. The number of ether oxygens (including phenoxy) is 2.